The summed E-state index contributed by atoms with van der Waals surface area (Å²) in [5, 5.41) is 9.96. The molecule has 16 heavy (non-hydrogen) atoms. The molecule has 0 rings (SSSR count). The number of alkyl halides is 1. The summed E-state index contributed by atoms with van der Waals surface area (Å²) in [7, 11) is 0. The predicted molar refractivity (Wildman–Crippen MR) is 70.8 cm³/mol. The van der Waals surface area contributed by atoms with Gasteiger partial charge in [0.15, 0.2) is 0 Å². The number of hydrogen-bond donors (Lipinski definition) is 1. The van der Waals surface area contributed by atoms with E-state index < -0.39 is 5.60 Å². The average molecular weight is 246 g/mol. The molecule has 2 nitrogen and oxygen atoms in total. The summed E-state index contributed by atoms with van der Waals surface area (Å²) in [5.74, 6) is 6.64. The van der Waals surface area contributed by atoms with Crippen molar-refractivity contribution in [2.24, 2.45) is 0 Å². The fraction of sp³-hybridized carbons (Fsp3) is 0.846. The van der Waals surface area contributed by atoms with Crippen molar-refractivity contribution in [3.63, 3.8) is 0 Å². The molecule has 0 aliphatic rings. The van der Waals surface area contributed by atoms with Gasteiger partial charge in [0, 0.05) is 5.88 Å². The molecule has 0 fully saturated rings. The first-order valence-electron chi connectivity index (χ1n) is 6.06. The van der Waals surface area contributed by atoms with Crippen molar-refractivity contribution in [1.29, 1.82) is 0 Å². The molecule has 94 valence electrons. The summed E-state index contributed by atoms with van der Waals surface area (Å²) >= 11 is 5.59. The minimum absolute atomic E-state index is 0.656. The molecule has 0 saturated carbocycles. The normalized spacial score (nSPS) is 14.4. The molecule has 0 radical (unpaired) electrons. The molecule has 3 heteroatoms. The third kappa shape index (κ3) is 7.98. The highest BCUT2D eigenvalue weighted by atomic mass is 35.5. The molecule has 0 aromatic heterocycles. The average Bonchev–Trinajstić information content (AvgIpc) is 2.24. The first-order valence-corrected chi connectivity index (χ1v) is 6.60. The fourth-order valence-electron chi connectivity index (χ4n) is 1.42. The predicted octanol–water partition coefficient (Wildman–Crippen LogP) is 2.49. The topological polar surface area (TPSA) is 23.5 Å². The Hall–Kier alpha value is -0.230. The van der Waals surface area contributed by atoms with Crippen LogP contribution >= 0.6 is 11.6 Å². The van der Waals surface area contributed by atoms with Crippen LogP contribution in [0.1, 0.15) is 40.0 Å². The van der Waals surface area contributed by atoms with Gasteiger partial charge in [0.2, 0.25) is 0 Å². The maximum Gasteiger partial charge on any atom is 0.122 e. The van der Waals surface area contributed by atoms with Gasteiger partial charge in [-0.15, -0.1) is 11.6 Å². The number of halogens is 1. The second kappa shape index (κ2) is 8.87. The molecule has 0 aliphatic carbocycles. The minimum atomic E-state index is -0.862. The van der Waals surface area contributed by atoms with Crippen LogP contribution in [0.3, 0.4) is 0 Å². The number of nitrogens with zero attached hydrogens (tertiary/aromatic N) is 1. The van der Waals surface area contributed by atoms with E-state index in [9.17, 15) is 5.11 Å². The van der Waals surface area contributed by atoms with E-state index in [4.69, 9.17) is 11.6 Å². The van der Waals surface area contributed by atoms with Gasteiger partial charge >= 0.3 is 0 Å². The van der Waals surface area contributed by atoms with E-state index in [0.29, 0.717) is 12.3 Å². The zero-order chi connectivity index (χ0) is 12.4. The number of hydrogen-bond acceptors (Lipinski definition) is 2. The number of unbranched alkanes of at least 4 members (excludes halogenated alkanes) is 1. The van der Waals surface area contributed by atoms with Crippen molar-refractivity contribution in [1.82, 2.24) is 4.90 Å². The monoisotopic (exact) mass is 245 g/mol. The van der Waals surface area contributed by atoms with E-state index in [1.807, 2.05) is 0 Å². The molecule has 0 bridgehead atoms. The summed E-state index contributed by atoms with van der Waals surface area (Å²) in [6, 6.07) is 0. The Kier molecular flexibility index (Phi) is 8.74. The lowest BCUT2D eigenvalue weighted by Crippen LogP contribution is -2.25. The highest BCUT2D eigenvalue weighted by molar-refractivity contribution is 6.17. The van der Waals surface area contributed by atoms with Crippen LogP contribution in [-0.2, 0) is 0 Å². The van der Waals surface area contributed by atoms with Gasteiger partial charge in [-0.1, -0.05) is 25.7 Å². The molecule has 0 aromatic carbocycles. The van der Waals surface area contributed by atoms with Crippen LogP contribution in [0.15, 0.2) is 0 Å². The van der Waals surface area contributed by atoms with Crippen molar-refractivity contribution < 1.29 is 5.11 Å². The number of rotatable bonds is 7. The van der Waals surface area contributed by atoms with Gasteiger partial charge in [-0.05, 0) is 39.3 Å². The maximum atomic E-state index is 9.96. The lowest BCUT2D eigenvalue weighted by Gasteiger charge is -2.17. The standard InChI is InChI=1S/C13H24ClNO/c1-4-15(5-2)12-8-10-13(3,16)9-6-7-11-14/h16H,4-7,9,11-12H2,1-3H3. The first kappa shape index (κ1) is 15.8. The van der Waals surface area contributed by atoms with E-state index >= 15 is 0 Å². The van der Waals surface area contributed by atoms with Crippen LogP contribution in [0, 0.1) is 11.8 Å². The lowest BCUT2D eigenvalue weighted by atomic mass is 10.00. The third-order valence-corrected chi connectivity index (χ3v) is 2.87. The summed E-state index contributed by atoms with van der Waals surface area (Å²) in [6.07, 6.45) is 2.57. The molecule has 0 saturated heterocycles. The third-order valence-electron chi connectivity index (χ3n) is 2.60. The van der Waals surface area contributed by atoms with E-state index in [1.54, 1.807) is 6.92 Å². The Morgan fingerprint density at radius 1 is 1.25 bits per heavy atom. The maximum absolute atomic E-state index is 9.96. The van der Waals surface area contributed by atoms with Crippen LogP contribution in [0.25, 0.3) is 0 Å². The van der Waals surface area contributed by atoms with Crippen LogP contribution in [-0.4, -0.2) is 41.1 Å². The molecule has 0 amide bonds. The minimum Gasteiger partial charge on any atom is -0.378 e. The molecule has 0 aromatic rings. The van der Waals surface area contributed by atoms with Crippen LogP contribution in [0.4, 0.5) is 0 Å². The second-order valence-corrected chi connectivity index (χ2v) is 4.56. The van der Waals surface area contributed by atoms with Crippen molar-refractivity contribution in [2.45, 2.75) is 45.6 Å². The zero-order valence-corrected chi connectivity index (χ0v) is 11.5. The van der Waals surface area contributed by atoms with E-state index in [-0.39, 0.29) is 0 Å². The summed E-state index contributed by atoms with van der Waals surface area (Å²) in [6.45, 7) is 8.74. The largest absolute Gasteiger partial charge is 0.378 e. The van der Waals surface area contributed by atoms with E-state index in [1.165, 1.54) is 0 Å². The number of aliphatic hydroxyl groups is 1. The van der Waals surface area contributed by atoms with E-state index in [2.05, 4.69) is 30.6 Å². The molecule has 0 spiro atoms. The van der Waals surface area contributed by atoms with Gasteiger partial charge in [0.25, 0.3) is 0 Å². The Labute approximate surface area is 105 Å². The highest BCUT2D eigenvalue weighted by Crippen LogP contribution is 2.12. The molecular weight excluding hydrogens is 222 g/mol. The Morgan fingerprint density at radius 3 is 2.38 bits per heavy atom. The zero-order valence-electron chi connectivity index (χ0n) is 10.7. The Morgan fingerprint density at radius 2 is 1.88 bits per heavy atom. The van der Waals surface area contributed by atoms with Crippen molar-refractivity contribution >= 4 is 11.6 Å². The van der Waals surface area contributed by atoms with Crippen molar-refractivity contribution in [2.75, 3.05) is 25.5 Å². The molecule has 0 aliphatic heterocycles. The van der Waals surface area contributed by atoms with Crippen LogP contribution in [0.5, 0.6) is 0 Å². The summed E-state index contributed by atoms with van der Waals surface area (Å²) < 4.78 is 0. The van der Waals surface area contributed by atoms with Gasteiger partial charge in [0.05, 0.1) is 6.54 Å². The Balaban J connectivity index is 3.98. The van der Waals surface area contributed by atoms with Gasteiger partial charge in [-0.3, -0.25) is 4.90 Å². The van der Waals surface area contributed by atoms with Gasteiger partial charge < -0.3 is 5.11 Å². The molecule has 1 unspecified atom stereocenters. The quantitative estimate of drug-likeness (QED) is 0.423. The summed E-state index contributed by atoms with van der Waals surface area (Å²) in [4.78, 5) is 2.22. The van der Waals surface area contributed by atoms with Gasteiger partial charge in [0.1, 0.15) is 5.60 Å². The molecule has 1 atom stereocenters. The second-order valence-electron chi connectivity index (χ2n) is 4.18. The van der Waals surface area contributed by atoms with Crippen molar-refractivity contribution in [3.8, 4) is 11.8 Å². The smallest absolute Gasteiger partial charge is 0.122 e. The molecule has 1 N–H and O–H groups in total. The van der Waals surface area contributed by atoms with E-state index in [0.717, 1.165) is 32.5 Å². The van der Waals surface area contributed by atoms with Crippen LogP contribution < -0.4 is 0 Å². The summed E-state index contributed by atoms with van der Waals surface area (Å²) in [5.41, 5.74) is -0.862. The fourth-order valence-corrected chi connectivity index (χ4v) is 1.60. The Bertz CT molecular complexity index is 226. The van der Waals surface area contributed by atoms with Gasteiger partial charge in [-0.25, -0.2) is 0 Å². The molecular formula is C13H24ClNO. The van der Waals surface area contributed by atoms with Crippen molar-refractivity contribution in [3.05, 3.63) is 0 Å². The lowest BCUT2D eigenvalue weighted by molar-refractivity contribution is 0.109. The molecule has 0 heterocycles. The highest BCUT2D eigenvalue weighted by Gasteiger charge is 2.15. The first-order chi connectivity index (χ1) is 7.55. The SMILES string of the molecule is CCN(CC)CC#CC(C)(O)CCCCCl. The van der Waals surface area contributed by atoms with Gasteiger partial charge in [-0.2, -0.15) is 0 Å². The van der Waals surface area contributed by atoms with Crippen LogP contribution in [0.2, 0.25) is 0 Å².